The van der Waals surface area contributed by atoms with Gasteiger partial charge in [-0.25, -0.2) is 8.42 Å². The van der Waals surface area contributed by atoms with Gasteiger partial charge in [0.1, 0.15) is 12.4 Å². The van der Waals surface area contributed by atoms with Crippen molar-refractivity contribution in [3.05, 3.63) is 23.8 Å². The van der Waals surface area contributed by atoms with Gasteiger partial charge in [-0.15, -0.1) is 0 Å². The van der Waals surface area contributed by atoms with Gasteiger partial charge in [-0.1, -0.05) is 11.8 Å². The van der Waals surface area contributed by atoms with Crippen molar-refractivity contribution in [1.29, 1.82) is 0 Å². The van der Waals surface area contributed by atoms with Crippen LogP contribution in [0.15, 0.2) is 23.1 Å². The van der Waals surface area contributed by atoms with Crippen LogP contribution in [0, 0.1) is 11.8 Å². The molecule has 0 bridgehead atoms. The zero-order chi connectivity index (χ0) is 15.2. The molecule has 0 saturated heterocycles. The molecule has 0 unspecified atom stereocenters. The van der Waals surface area contributed by atoms with E-state index >= 15 is 0 Å². The van der Waals surface area contributed by atoms with E-state index in [-0.39, 0.29) is 24.7 Å². The molecule has 1 aromatic rings. The first-order valence-corrected chi connectivity index (χ1v) is 7.26. The maximum Gasteiger partial charge on any atom is 0.242 e. The summed E-state index contributed by atoms with van der Waals surface area (Å²) in [7, 11) is -0.852. The molecular weight excluding hydrogens is 282 g/mol. The molecule has 0 atom stereocenters. The number of rotatable bonds is 5. The molecule has 0 aliphatic heterocycles. The molecule has 0 aliphatic rings. The van der Waals surface area contributed by atoms with Crippen LogP contribution in [0.3, 0.4) is 0 Å². The molecule has 110 valence electrons. The van der Waals surface area contributed by atoms with Gasteiger partial charge in [-0.2, -0.15) is 4.31 Å². The minimum Gasteiger partial charge on any atom is -0.495 e. The summed E-state index contributed by atoms with van der Waals surface area (Å²) in [6.45, 7) is -0.584. The first-order valence-electron chi connectivity index (χ1n) is 5.82. The lowest BCUT2D eigenvalue weighted by molar-refractivity contribution is 0.266. The van der Waals surface area contributed by atoms with E-state index in [2.05, 4.69) is 11.8 Å². The molecule has 0 amide bonds. The number of aliphatic hydroxyl groups is 2. The van der Waals surface area contributed by atoms with Crippen LogP contribution in [0.2, 0.25) is 0 Å². The summed E-state index contributed by atoms with van der Waals surface area (Å²) in [6.07, 6.45) is 0. The van der Waals surface area contributed by atoms with E-state index in [1.807, 2.05) is 0 Å². The van der Waals surface area contributed by atoms with Crippen LogP contribution in [0.5, 0.6) is 5.75 Å². The standard InChI is InChI=1S/C13H17NO5S/c1-14(7-9-16)20(17,18)12-5-6-13(19-2)11(10-12)4-3-8-15/h5-6,10,15-16H,7-9H2,1-2H3. The minimum atomic E-state index is -3.69. The summed E-state index contributed by atoms with van der Waals surface area (Å²) in [5.41, 5.74) is 0.375. The molecule has 0 saturated carbocycles. The van der Waals surface area contributed by atoms with Crippen LogP contribution in [0.1, 0.15) is 5.56 Å². The molecule has 0 spiro atoms. The van der Waals surface area contributed by atoms with Gasteiger partial charge in [0.2, 0.25) is 10.0 Å². The first kappa shape index (κ1) is 16.5. The molecule has 0 aliphatic carbocycles. The van der Waals surface area contributed by atoms with E-state index in [0.29, 0.717) is 11.3 Å². The van der Waals surface area contributed by atoms with Crippen molar-refractivity contribution in [2.24, 2.45) is 0 Å². The van der Waals surface area contributed by atoms with Gasteiger partial charge in [-0.3, -0.25) is 0 Å². The van der Waals surface area contributed by atoms with Crippen LogP contribution in [-0.2, 0) is 10.0 Å². The van der Waals surface area contributed by atoms with Gasteiger partial charge < -0.3 is 14.9 Å². The van der Waals surface area contributed by atoms with Gasteiger partial charge in [0.15, 0.2) is 0 Å². The predicted molar refractivity (Wildman–Crippen MR) is 73.9 cm³/mol. The van der Waals surface area contributed by atoms with E-state index in [9.17, 15) is 8.42 Å². The summed E-state index contributed by atoms with van der Waals surface area (Å²) in [5.74, 6) is 5.52. The largest absolute Gasteiger partial charge is 0.495 e. The molecule has 20 heavy (non-hydrogen) atoms. The lowest BCUT2D eigenvalue weighted by atomic mass is 10.2. The van der Waals surface area contributed by atoms with E-state index in [1.54, 1.807) is 0 Å². The Morgan fingerprint density at radius 3 is 2.60 bits per heavy atom. The van der Waals surface area contributed by atoms with Gasteiger partial charge in [0.25, 0.3) is 0 Å². The fraction of sp³-hybridized carbons (Fsp3) is 0.385. The number of aliphatic hydroxyl groups excluding tert-OH is 2. The fourth-order valence-corrected chi connectivity index (χ4v) is 2.71. The maximum atomic E-state index is 12.2. The summed E-state index contributed by atoms with van der Waals surface area (Å²) in [6, 6.07) is 4.29. The number of methoxy groups -OCH3 is 1. The second-order valence-corrected chi connectivity index (χ2v) is 5.92. The molecule has 1 aromatic carbocycles. The lowest BCUT2D eigenvalue weighted by Crippen LogP contribution is -2.29. The van der Waals surface area contributed by atoms with Gasteiger partial charge >= 0.3 is 0 Å². The Morgan fingerprint density at radius 2 is 2.05 bits per heavy atom. The number of hydrogen-bond donors (Lipinski definition) is 2. The fourth-order valence-electron chi connectivity index (χ4n) is 1.52. The molecule has 1 rings (SSSR count). The highest BCUT2D eigenvalue weighted by Crippen LogP contribution is 2.23. The van der Waals surface area contributed by atoms with Gasteiger partial charge in [0, 0.05) is 13.6 Å². The third-order valence-electron chi connectivity index (χ3n) is 2.60. The van der Waals surface area contributed by atoms with Crippen molar-refractivity contribution in [1.82, 2.24) is 4.31 Å². The highest BCUT2D eigenvalue weighted by atomic mass is 32.2. The maximum absolute atomic E-state index is 12.2. The van der Waals surface area contributed by atoms with Crippen molar-refractivity contribution in [2.75, 3.05) is 33.9 Å². The number of ether oxygens (including phenoxy) is 1. The SMILES string of the molecule is COc1ccc(S(=O)(=O)N(C)CCO)cc1C#CCO. The molecule has 0 heterocycles. The van der Waals surface area contributed by atoms with Crippen molar-refractivity contribution in [3.63, 3.8) is 0 Å². The molecular formula is C13H17NO5S. The summed E-state index contributed by atoms with van der Waals surface area (Å²) in [4.78, 5) is 0.0523. The predicted octanol–water partition coefficient (Wildman–Crippen LogP) is -0.348. The number of sulfonamides is 1. The smallest absolute Gasteiger partial charge is 0.242 e. The third-order valence-corrected chi connectivity index (χ3v) is 4.45. The van der Waals surface area contributed by atoms with Gasteiger partial charge in [-0.05, 0) is 18.2 Å². The molecule has 0 aromatic heterocycles. The van der Waals surface area contributed by atoms with Crippen LogP contribution in [-0.4, -0.2) is 56.9 Å². The van der Waals surface area contributed by atoms with Crippen molar-refractivity contribution >= 4 is 10.0 Å². The van der Waals surface area contributed by atoms with E-state index in [0.717, 1.165) is 4.31 Å². The first-order chi connectivity index (χ1) is 9.47. The van der Waals surface area contributed by atoms with Gasteiger partial charge in [0.05, 0.1) is 24.2 Å². The highest BCUT2D eigenvalue weighted by molar-refractivity contribution is 7.89. The number of hydrogen-bond acceptors (Lipinski definition) is 5. The van der Waals surface area contributed by atoms with Crippen LogP contribution in [0.25, 0.3) is 0 Å². The summed E-state index contributed by atoms with van der Waals surface area (Å²) >= 11 is 0. The quantitative estimate of drug-likeness (QED) is 0.726. The molecule has 2 N–H and O–H groups in total. The van der Waals surface area contributed by atoms with E-state index in [4.69, 9.17) is 14.9 Å². The Morgan fingerprint density at radius 1 is 1.35 bits per heavy atom. The average molecular weight is 299 g/mol. The Kier molecular flexibility index (Phi) is 5.98. The Hall–Kier alpha value is -1.59. The molecule has 0 fully saturated rings. The normalized spacial score (nSPS) is 11.1. The van der Waals surface area contributed by atoms with Crippen molar-refractivity contribution in [3.8, 4) is 17.6 Å². The second kappa shape index (κ2) is 7.26. The van der Waals surface area contributed by atoms with Crippen molar-refractivity contribution in [2.45, 2.75) is 4.90 Å². The number of benzene rings is 1. The third kappa shape index (κ3) is 3.71. The second-order valence-electron chi connectivity index (χ2n) is 3.87. The van der Waals surface area contributed by atoms with Crippen molar-refractivity contribution < 1.29 is 23.4 Å². The zero-order valence-electron chi connectivity index (χ0n) is 11.3. The Balaban J connectivity index is 3.27. The molecule has 6 nitrogen and oxygen atoms in total. The summed E-state index contributed by atoms with van der Waals surface area (Å²) < 4.78 is 30.6. The van der Waals surface area contributed by atoms with E-state index < -0.39 is 10.0 Å². The summed E-state index contributed by atoms with van der Waals surface area (Å²) in [5, 5.41) is 17.5. The van der Waals surface area contributed by atoms with Crippen LogP contribution < -0.4 is 4.74 Å². The Labute approximate surface area is 118 Å². The van der Waals surface area contributed by atoms with Crippen LogP contribution in [0.4, 0.5) is 0 Å². The number of nitrogens with zero attached hydrogens (tertiary/aromatic N) is 1. The van der Waals surface area contributed by atoms with E-state index in [1.165, 1.54) is 32.4 Å². The highest BCUT2D eigenvalue weighted by Gasteiger charge is 2.21. The monoisotopic (exact) mass is 299 g/mol. The minimum absolute atomic E-state index is 0.00597. The Bertz CT molecular complexity index is 615. The number of likely N-dealkylation sites (N-methyl/N-ethyl adjacent to an activating group) is 1. The lowest BCUT2D eigenvalue weighted by Gasteiger charge is -2.16. The molecule has 0 radical (unpaired) electrons. The van der Waals surface area contributed by atoms with Crippen LogP contribution >= 0.6 is 0 Å². The molecule has 7 heteroatoms. The average Bonchev–Trinajstić information content (AvgIpc) is 2.44. The topological polar surface area (TPSA) is 87.1 Å². The zero-order valence-corrected chi connectivity index (χ0v) is 12.1.